The Morgan fingerprint density at radius 1 is 0.739 bits per heavy atom. The average molecular weight is 629 g/mol. The highest BCUT2D eigenvalue weighted by Crippen LogP contribution is 2.25. The van der Waals surface area contributed by atoms with Crippen molar-refractivity contribution in [1.82, 2.24) is 16.0 Å². The van der Waals surface area contributed by atoms with Crippen LogP contribution in [0.5, 0.6) is 0 Å². The lowest BCUT2D eigenvalue weighted by atomic mass is 9.79. The third kappa shape index (κ3) is 7.26. The maximum Gasteiger partial charge on any atom is 0.492 e. The highest BCUT2D eigenvalue weighted by molar-refractivity contribution is 6.62. The van der Waals surface area contributed by atoms with E-state index >= 15 is 0 Å². The number of hydrogen-bond donors (Lipinski definition) is 7. The van der Waals surface area contributed by atoms with Gasteiger partial charge in [-0.1, -0.05) is 54.6 Å². The Morgan fingerprint density at radius 2 is 1.22 bits per heavy atom. The van der Waals surface area contributed by atoms with Gasteiger partial charge in [0.15, 0.2) is 0 Å². The molecule has 2 aliphatic rings. The molecule has 0 aliphatic carbocycles. The monoisotopic (exact) mass is 629 g/mol. The summed E-state index contributed by atoms with van der Waals surface area (Å²) in [7, 11) is -2.54. The highest BCUT2D eigenvalue weighted by Gasteiger charge is 2.39. The van der Waals surface area contributed by atoms with Crippen LogP contribution >= 0.6 is 0 Å². The topological polar surface area (TPSA) is 221 Å². The standard InChI is InChI=1S/C30H29B2N3O11/c36-24(37)10-9-23(30(41)42)35-27(38)18-12-16(14-33-28(39)25-19-5-1-3-7-21(19)31(43)45-25)11-17(13-18)15-34-29(40)26-20-6-2-4-8-22(20)32(44)46-26/h1-8,11-13,23,25-26,43-44H,9-10,14-15H2,(H,33,39)(H,34,40)(H,35,38)(H,36,37)(H,41,42)/t23-,25?,26?/m0/s1. The zero-order valence-electron chi connectivity index (χ0n) is 24.2. The van der Waals surface area contributed by atoms with Crippen LogP contribution in [0.1, 0.15) is 57.7 Å². The summed E-state index contributed by atoms with van der Waals surface area (Å²) in [5, 5.41) is 46.5. The van der Waals surface area contributed by atoms with E-state index in [0.717, 1.165) is 0 Å². The van der Waals surface area contributed by atoms with Gasteiger partial charge in [-0.05, 0) is 51.7 Å². The molecule has 2 heterocycles. The lowest BCUT2D eigenvalue weighted by Gasteiger charge is -2.17. The summed E-state index contributed by atoms with van der Waals surface area (Å²) in [6, 6.07) is 16.4. The van der Waals surface area contributed by atoms with Crippen molar-refractivity contribution in [3.05, 3.63) is 94.5 Å². The molecule has 14 nitrogen and oxygen atoms in total. The Labute approximate surface area is 263 Å². The fourth-order valence-electron chi connectivity index (χ4n) is 5.33. The minimum atomic E-state index is -1.48. The summed E-state index contributed by atoms with van der Waals surface area (Å²) in [6.07, 6.45) is -2.99. The van der Waals surface area contributed by atoms with Crippen molar-refractivity contribution >= 4 is 54.8 Å². The molecule has 3 aromatic carbocycles. The molecule has 0 fully saturated rings. The summed E-state index contributed by atoms with van der Waals surface area (Å²) in [6.45, 7) is -0.211. The van der Waals surface area contributed by atoms with Gasteiger partial charge in [-0.15, -0.1) is 0 Å². The molecular weight excluding hydrogens is 600 g/mol. The second-order valence-electron chi connectivity index (χ2n) is 10.8. The van der Waals surface area contributed by atoms with Crippen LogP contribution < -0.4 is 26.9 Å². The summed E-state index contributed by atoms with van der Waals surface area (Å²) >= 11 is 0. The maximum absolute atomic E-state index is 13.2. The van der Waals surface area contributed by atoms with E-state index < -0.39 is 68.6 Å². The second kappa shape index (κ2) is 14.0. The van der Waals surface area contributed by atoms with Crippen LogP contribution in [0.4, 0.5) is 0 Å². The van der Waals surface area contributed by atoms with Crippen LogP contribution in [0.25, 0.3) is 0 Å². The quantitative estimate of drug-likeness (QED) is 0.119. The van der Waals surface area contributed by atoms with Crippen molar-refractivity contribution in [3.8, 4) is 0 Å². The molecule has 0 bridgehead atoms. The molecule has 0 spiro atoms. The first-order valence-electron chi connectivity index (χ1n) is 14.3. The van der Waals surface area contributed by atoms with Crippen LogP contribution in [-0.2, 0) is 41.6 Å². The van der Waals surface area contributed by atoms with Gasteiger partial charge in [-0.2, -0.15) is 0 Å². The van der Waals surface area contributed by atoms with E-state index in [0.29, 0.717) is 33.2 Å². The van der Waals surface area contributed by atoms with Gasteiger partial charge in [-0.25, -0.2) is 4.79 Å². The molecule has 236 valence electrons. The first kappa shape index (κ1) is 32.4. The van der Waals surface area contributed by atoms with Crippen molar-refractivity contribution in [1.29, 1.82) is 0 Å². The van der Waals surface area contributed by atoms with Gasteiger partial charge < -0.3 is 45.5 Å². The number of carbonyl (C=O) groups is 5. The number of fused-ring (bicyclic) bond motifs is 2. The van der Waals surface area contributed by atoms with Gasteiger partial charge >= 0.3 is 26.2 Å². The smallest absolute Gasteiger partial charge is 0.481 e. The number of rotatable bonds is 12. The molecule has 46 heavy (non-hydrogen) atoms. The Balaban J connectivity index is 1.33. The predicted octanol–water partition coefficient (Wildman–Crippen LogP) is -1.12. The number of carboxylic acid groups (broad SMARTS) is 2. The van der Waals surface area contributed by atoms with E-state index in [1.165, 1.54) is 12.1 Å². The Kier molecular flexibility index (Phi) is 9.82. The number of hydrogen-bond acceptors (Lipinski definition) is 9. The maximum atomic E-state index is 13.2. The van der Waals surface area contributed by atoms with Crippen molar-refractivity contribution in [2.75, 3.05) is 0 Å². The Hall–Kier alpha value is -5.02. The molecule has 3 amide bonds. The molecule has 2 aliphatic heterocycles. The van der Waals surface area contributed by atoms with Gasteiger partial charge in [0, 0.05) is 25.1 Å². The first-order chi connectivity index (χ1) is 22.0. The van der Waals surface area contributed by atoms with Crippen molar-refractivity contribution in [2.45, 2.75) is 44.2 Å². The van der Waals surface area contributed by atoms with E-state index in [4.69, 9.17) is 14.4 Å². The third-order valence-electron chi connectivity index (χ3n) is 7.59. The number of aliphatic carboxylic acids is 2. The largest absolute Gasteiger partial charge is 0.492 e. The van der Waals surface area contributed by atoms with Crippen LogP contribution in [0, 0.1) is 0 Å². The molecule has 0 saturated heterocycles. The van der Waals surface area contributed by atoms with Crippen LogP contribution in [0.3, 0.4) is 0 Å². The number of benzene rings is 3. The Bertz CT molecular complexity index is 1590. The normalized spacial score (nSPS) is 17.1. The van der Waals surface area contributed by atoms with Gasteiger partial charge in [0.25, 0.3) is 17.7 Å². The van der Waals surface area contributed by atoms with Crippen LogP contribution in [-0.4, -0.2) is 70.2 Å². The molecule has 16 heteroatoms. The molecule has 3 atom stereocenters. The predicted molar refractivity (Wildman–Crippen MR) is 162 cm³/mol. The molecule has 2 unspecified atom stereocenters. The van der Waals surface area contributed by atoms with Crippen molar-refractivity contribution in [2.24, 2.45) is 0 Å². The Morgan fingerprint density at radius 3 is 1.67 bits per heavy atom. The highest BCUT2D eigenvalue weighted by atomic mass is 16.5. The van der Waals surface area contributed by atoms with Crippen molar-refractivity contribution < 1.29 is 53.5 Å². The average Bonchev–Trinajstić information content (AvgIpc) is 3.57. The van der Waals surface area contributed by atoms with Crippen LogP contribution in [0.2, 0.25) is 0 Å². The minimum absolute atomic E-state index is 0.00617. The molecule has 0 saturated carbocycles. The third-order valence-corrected chi connectivity index (χ3v) is 7.59. The lowest BCUT2D eigenvalue weighted by molar-refractivity contribution is -0.140. The van der Waals surface area contributed by atoms with Gasteiger partial charge in [-0.3, -0.25) is 19.2 Å². The lowest BCUT2D eigenvalue weighted by Crippen LogP contribution is -2.41. The molecular formula is C30H29B2N3O11. The summed E-state index contributed by atoms with van der Waals surface area (Å²) in [5.74, 6) is -4.55. The molecule has 0 radical (unpaired) electrons. The summed E-state index contributed by atoms with van der Waals surface area (Å²) in [5.41, 5.74) is 2.76. The fraction of sp³-hybridized carbons (Fsp3) is 0.233. The van der Waals surface area contributed by atoms with E-state index in [2.05, 4.69) is 16.0 Å². The second-order valence-corrected chi connectivity index (χ2v) is 10.8. The molecule has 5 rings (SSSR count). The minimum Gasteiger partial charge on any atom is -0.481 e. The zero-order chi connectivity index (χ0) is 33.0. The van der Waals surface area contributed by atoms with E-state index in [1.54, 1.807) is 54.6 Å². The number of carbonyl (C=O) groups excluding carboxylic acids is 3. The van der Waals surface area contributed by atoms with E-state index in [9.17, 15) is 39.1 Å². The fourth-order valence-corrected chi connectivity index (χ4v) is 5.33. The molecule has 3 aromatic rings. The summed E-state index contributed by atoms with van der Waals surface area (Å²) < 4.78 is 10.8. The van der Waals surface area contributed by atoms with Crippen molar-refractivity contribution in [3.63, 3.8) is 0 Å². The molecule has 0 aromatic heterocycles. The number of nitrogens with one attached hydrogen (secondary N) is 3. The van der Waals surface area contributed by atoms with Gasteiger partial charge in [0.1, 0.15) is 18.2 Å². The van der Waals surface area contributed by atoms with Gasteiger partial charge in [0.05, 0.1) is 0 Å². The van der Waals surface area contributed by atoms with Crippen LogP contribution in [0.15, 0.2) is 66.7 Å². The SMILES string of the molecule is O=C(O)CC[C@H](NC(=O)c1cc(CNC(=O)C2OB(O)c3ccccc32)cc(CNC(=O)C2OB(O)c3ccccc32)c1)C(=O)O. The van der Waals surface area contributed by atoms with E-state index in [-0.39, 0.29) is 25.1 Å². The summed E-state index contributed by atoms with van der Waals surface area (Å²) in [4.78, 5) is 61.9. The number of carboxylic acids is 2. The van der Waals surface area contributed by atoms with Gasteiger partial charge in [0.2, 0.25) is 0 Å². The molecule has 7 N–H and O–H groups in total. The first-order valence-corrected chi connectivity index (χ1v) is 14.3. The zero-order valence-corrected chi connectivity index (χ0v) is 24.2. The number of amides is 3. The van der Waals surface area contributed by atoms with E-state index in [1.807, 2.05) is 0 Å².